The van der Waals surface area contributed by atoms with E-state index in [-0.39, 0.29) is 5.75 Å². The van der Waals surface area contributed by atoms with Crippen molar-refractivity contribution < 1.29 is 17.9 Å². The van der Waals surface area contributed by atoms with Gasteiger partial charge in [-0.1, -0.05) is 37.3 Å². The van der Waals surface area contributed by atoms with Crippen molar-refractivity contribution in [3.63, 3.8) is 0 Å². The molecular formula is C19H17F3N4OS. The lowest BCUT2D eigenvalue weighted by atomic mass is 10.2. The number of nitrogens with one attached hydrogen (secondary N) is 1. The van der Waals surface area contributed by atoms with Gasteiger partial charge in [-0.05, 0) is 30.2 Å². The van der Waals surface area contributed by atoms with E-state index >= 15 is 0 Å². The fourth-order valence-corrected chi connectivity index (χ4v) is 3.86. The molecule has 0 aliphatic heterocycles. The highest BCUT2D eigenvalue weighted by molar-refractivity contribution is 7.22. The molecule has 0 saturated heterocycles. The predicted octanol–water partition coefficient (Wildman–Crippen LogP) is 5.94. The number of benzene rings is 2. The van der Waals surface area contributed by atoms with Crippen molar-refractivity contribution in [2.75, 3.05) is 5.32 Å². The third-order valence-corrected chi connectivity index (χ3v) is 4.95. The quantitative estimate of drug-likeness (QED) is 0.445. The van der Waals surface area contributed by atoms with Gasteiger partial charge in [0, 0.05) is 12.6 Å². The van der Waals surface area contributed by atoms with Crippen molar-refractivity contribution in [1.82, 2.24) is 14.5 Å². The molecule has 0 fully saturated rings. The first-order valence-corrected chi connectivity index (χ1v) is 9.49. The van der Waals surface area contributed by atoms with Gasteiger partial charge in [0.25, 0.3) is 0 Å². The minimum Gasteiger partial charge on any atom is -0.406 e. The number of halogens is 3. The zero-order chi connectivity index (χ0) is 19.9. The molecule has 146 valence electrons. The van der Waals surface area contributed by atoms with Crippen molar-refractivity contribution in [3.05, 3.63) is 42.5 Å². The highest BCUT2D eigenvalue weighted by Gasteiger charge is 2.31. The lowest BCUT2D eigenvalue weighted by Gasteiger charge is -2.11. The smallest absolute Gasteiger partial charge is 0.406 e. The van der Waals surface area contributed by atoms with Gasteiger partial charge in [-0.25, -0.2) is 9.97 Å². The first-order valence-electron chi connectivity index (χ1n) is 8.67. The summed E-state index contributed by atoms with van der Waals surface area (Å²) >= 11 is 1.25. The molecule has 28 heavy (non-hydrogen) atoms. The number of para-hydroxylation sites is 2. The van der Waals surface area contributed by atoms with Crippen LogP contribution in [0.5, 0.6) is 5.75 Å². The number of fused-ring (bicyclic) bond motifs is 2. The van der Waals surface area contributed by atoms with Crippen LogP contribution in [-0.4, -0.2) is 20.9 Å². The Labute approximate surface area is 162 Å². The maximum atomic E-state index is 12.4. The number of aromatic nitrogens is 3. The molecule has 1 N–H and O–H groups in total. The van der Waals surface area contributed by atoms with Gasteiger partial charge in [0.2, 0.25) is 5.95 Å². The monoisotopic (exact) mass is 406 g/mol. The Morgan fingerprint density at radius 1 is 1.11 bits per heavy atom. The van der Waals surface area contributed by atoms with E-state index in [1.165, 1.54) is 29.5 Å². The van der Waals surface area contributed by atoms with E-state index in [1.54, 1.807) is 0 Å². The summed E-state index contributed by atoms with van der Waals surface area (Å²) in [5.74, 6) is 0.804. The van der Waals surface area contributed by atoms with Crippen LogP contribution in [0.25, 0.3) is 21.3 Å². The van der Waals surface area contributed by atoms with E-state index in [2.05, 4.69) is 38.4 Å². The number of nitrogens with zero attached hydrogens (tertiary/aromatic N) is 3. The van der Waals surface area contributed by atoms with Crippen LogP contribution < -0.4 is 10.1 Å². The van der Waals surface area contributed by atoms with Crippen molar-refractivity contribution in [2.45, 2.75) is 26.8 Å². The van der Waals surface area contributed by atoms with Crippen molar-refractivity contribution in [2.24, 2.45) is 5.92 Å². The van der Waals surface area contributed by atoms with Crippen LogP contribution in [0.1, 0.15) is 13.8 Å². The second kappa shape index (κ2) is 6.97. The summed E-state index contributed by atoms with van der Waals surface area (Å²) in [6, 6.07) is 11.9. The SMILES string of the molecule is CC(C)Cn1c(Nc2nc3ccc(OC(F)(F)F)cc3s2)nc2ccccc21. The fraction of sp³-hybridized carbons (Fsp3) is 0.263. The summed E-state index contributed by atoms with van der Waals surface area (Å²) in [6.45, 7) is 5.02. The van der Waals surface area contributed by atoms with E-state index in [0.717, 1.165) is 17.6 Å². The molecule has 5 nitrogen and oxygen atoms in total. The lowest BCUT2D eigenvalue weighted by molar-refractivity contribution is -0.274. The van der Waals surface area contributed by atoms with Crippen LogP contribution in [0, 0.1) is 5.92 Å². The molecule has 2 aromatic carbocycles. The van der Waals surface area contributed by atoms with Crippen LogP contribution in [0.3, 0.4) is 0 Å². The average Bonchev–Trinajstić information content (AvgIpc) is 3.14. The van der Waals surface area contributed by atoms with Crippen LogP contribution in [0.2, 0.25) is 0 Å². The van der Waals surface area contributed by atoms with Crippen LogP contribution in [-0.2, 0) is 6.54 Å². The molecule has 0 unspecified atom stereocenters. The summed E-state index contributed by atoms with van der Waals surface area (Å²) in [5.41, 5.74) is 2.47. The third kappa shape index (κ3) is 3.89. The number of anilines is 2. The Morgan fingerprint density at radius 2 is 1.89 bits per heavy atom. The maximum absolute atomic E-state index is 12.4. The number of ether oxygens (including phenoxy) is 1. The third-order valence-electron chi connectivity index (χ3n) is 4.01. The average molecular weight is 406 g/mol. The Hall–Kier alpha value is -2.81. The molecule has 4 rings (SSSR count). The minimum atomic E-state index is -4.72. The fourth-order valence-electron chi connectivity index (χ4n) is 2.97. The molecule has 0 spiro atoms. The summed E-state index contributed by atoms with van der Waals surface area (Å²) in [4.78, 5) is 9.10. The Bertz CT molecular complexity index is 1130. The van der Waals surface area contributed by atoms with Gasteiger partial charge in [0.1, 0.15) is 5.75 Å². The summed E-state index contributed by atoms with van der Waals surface area (Å²) < 4.78 is 43.9. The maximum Gasteiger partial charge on any atom is 0.573 e. The van der Waals surface area contributed by atoms with Gasteiger partial charge >= 0.3 is 6.36 Å². The van der Waals surface area contributed by atoms with Crippen molar-refractivity contribution in [3.8, 4) is 5.75 Å². The standard InChI is InChI=1S/C19H17F3N4OS/c1-11(2)10-26-15-6-4-3-5-13(15)23-17(26)25-18-24-14-8-7-12(9-16(14)28-18)27-19(20,21)22/h3-9,11H,10H2,1-2H3,(H,23,24,25). The summed E-state index contributed by atoms with van der Waals surface area (Å²) in [6.07, 6.45) is -4.72. The van der Waals surface area contributed by atoms with Gasteiger partial charge in [-0.3, -0.25) is 0 Å². The van der Waals surface area contributed by atoms with E-state index in [1.807, 2.05) is 24.3 Å². The van der Waals surface area contributed by atoms with Crippen LogP contribution in [0.15, 0.2) is 42.5 Å². The van der Waals surface area contributed by atoms with E-state index in [9.17, 15) is 13.2 Å². The number of hydrogen-bond donors (Lipinski definition) is 1. The molecule has 0 bridgehead atoms. The van der Waals surface area contributed by atoms with Gasteiger partial charge in [0.05, 0.1) is 21.3 Å². The molecule has 0 saturated carbocycles. The van der Waals surface area contributed by atoms with Gasteiger partial charge in [-0.15, -0.1) is 13.2 Å². The molecule has 0 aliphatic rings. The topological polar surface area (TPSA) is 52.0 Å². The van der Waals surface area contributed by atoms with Crippen LogP contribution in [0.4, 0.5) is 24.3 Å². The highest BCUT2D eigenvalue weighted by atomic mass is 32.1. The minimum absolute atomic E-state index is 0.262. The zero-order valence-corrected chi connectivity index (χ0v) is 15.9. The van der Waals surface area contributed by atoms with Gasteiger partial charge < -0.3 is 14.6 Å². The molecule has 2 aromatic heterocycles. The Kier molecular flexibility index (Phi) is 4.62. The molecule has 0 atom stereocenters. The summed E-state index contributed by atoms with van der Waals surface area (Å²) in [5, 5.41) is 3.78. The molecule has 0 amide bonds. The molecular weight excluding hydrogens is 389 g/mol. The molecule has 4 aromatic rings. The van der Waals surface area contributed by atoms with Gasteiger partial charge in [0.15, 0.2) is 5.13 Å². The Morgan fingerprint density at radius 3 is 2.64 bits per heavy atom. The van der Waals surface area contributed by atoms with Crippen molar-refractivity contribution >= 4 is 43.7 Å². The van der Waals surface area contributed by atoms with E-state index in [0.29, 0.717) is 27.2 Å². The number of thiazole rings is 1. The van der Waals surface area contributed by atoms with Crippen LogP contribution >= 0.6 is 11.3 Å². The van der Waals surface area contributed by atoms with E-state index in [4.69, 9.17) is 0 Å². The predicted molar refractivity (Wildman–Crippen MR) is 104 cm³/mol. The van der Waals surface area contributed by atoms with Crippen molar-refractivity contribution in [1.29, 1.82) is 0 Å². The largest absolute Gasteiger partial charge is 0.573 e. The highest BCUT2D eigenvalue weighted by Crippen LogP contribution is 2.33. The second-order valence-corrected chi connectivity index (χ2v) is 7.78. The second-order valence-electron chi connectivity index (χ2n) is 6.75. The number of rotatable bonds is 5. The Balaban J connectivity index is 1.68. The number of alkyl halides is 3. The summed E-state index contributed by atoms with van der Waals surface area (Å²) in [7, 11) is 0. The lowest BCUT2D eigenvalue weighted by Crippen LogP contribution is -2.16. The number of imidazole rings is 1. The van der Waals surface area contributed by atoms with Gasteiger partial charge in [-0.2, -0.15) is 0 Å². The normalized spacial score (nSPS) is 12.2. The molecule has 0 radical (unpaired) electrons. The zero-order valence-electron chi connectivity index (χ0n) is 15.1. The van der Waals surface area contributed by atoms with E-state index < -0.39 is 6.36 Å². The molecule has 0 aliphatic carbocycles. The first kappa shape index (κ1) is 18.5. The molecule has 2 heterocycles. The number of hydrogen-bond acceptors (Lipinski definition) is 5. The molecule has 9 heteroatoms. The first-order chi connectivity index (χ1) is 13.3.